The minimum atomic E-state index is 1.02. The fraction of sp³-hybridized carbons (Fsp3) is 0.333. The second-order valence-corrected chi connectivity index (χ2v) is 9.23. The maximum absolute atomic E-state index is 3.86. The molecule has 0 aliphatic rings. The van der Waals surface area contributed by atoms with Crippen LogP contribution in [0.25, 0.3) is 16.6 Å². The van der Waals surface area contributed by atoms with Crippen molar-refractivity contribution in [3.05, 3.63) is 102 Å². The maximum atomic E-state index is 3.86. The average molecular weight is 467 g/mol. The zero-order chi connectivity index (χ0) is 25.2. The van der Waals surface area contributed by atoms with E-state index >= 15 is 0 Å². The summed E-state index contributed by atoms with van der Waals surface area (Å²) in [6, 6.07) is 28.6. The Hall–Kier alpha value is -3.26. The van der Waals surface area contributed by atoms with Crippen molar-refractivity contribution in [2.45, 2.75) is 66.2 Å². The van der Waals surface area contributed by atoms with Gasteiger partial charge in [-0.15, -0.1) is 0 Å². The van der Waals surface area contributed by atoms with Gasteiger partial charge in [0, 0.05) is 35.2 Å². The van der Waals surface area contributed by atoms with E-state index in [0.29, 0.717) is 0 Å². The molecule has 1 heterocycles. The van der Waals surface area contributed by atoms with E-state index in [2.05, 4.69) is 130 Å². The predicted octanol–water partition coefficient (Wildman–Crippen LogP) is 9.67. The standard InChI is InChI=1S/C26H28N2.C7H14/c1-4-9-20-12-17-26-21(18-20)19-22(5-2)28(26)25-15-13-24(14-16-25)27(3)23-10-7-6-8-11-23;1-4-6-7(3)5-2/h6-8,10-19H,4-5,9H2,1-3H3;3-6H2,1-2H3. The lowest BCUT2D eigenvalue weighted by Gasteiger charge is -2.20. The van der Waals surface area contributed by atoms with Crippen molar-refractivity contribution in [2.24, 2.45) is 0 Å². The molecular formula is C33H42N2. The van der Waals surface area contributed by atoms with Crippen molar-refractivity contribution in [1.82, 2.24) is 4.57 Å². The Labute approximate surface area is 212 Å². The molecule has 4 rings (SSSR count). The number of nitrogens with zero attached hydrogens (tertiary/aromatic N) is 2. The van der Waals surface area contributed by atoms with E-state index < -0.39 is 0 Å². The first-order valence-electron chi connectivity index (χ1n) is 13.2. The Morgan fingerprint density at radius 1 is 0.800 bits per heavy atom. The molecular weight excluding hydrogens is 424 g/mol. The molecule has 0 fully saturated rings. The summed E-state index contributed by atoms with van der Waals surface area (Å²) in [5.41, 5.74) is 9.06. The minimum Gasteiger partial charge on any atom is -0.345 e. The molecule has 0 spiro atoms. The van der Waals surface area contributed by atoms with Gasteiger partial charge in [0.1, 0.15) is 0 Å². The van der Waals surface area contributed by atoms with Gasteiger partial charge in [-0.25, -0.2) is 0 Å². The second kappa shape index (κ2) is 13.0. The fourth-order valence-corrected chi connectivity index (χ4v) is 4.49. The van der Waals surface area contributed by atoms with E-state index in [4.69, 9.17) is 0 Å². The van der Waals surface area contributed by atoms with E-state index in [1.165, 1.54) is 64.1 Å². The van der Waals surface area contributed by atoms with Gasteiger partial charge in [0.15, 0.2) is 0 Å². The molecule has 0 aliphatic heterocycles. The molecule has 35 heavy (non-hydrogen) atoms. The highest BCUT2D eigenvalue weighted by Crippen LogP contribution is 2.29. The largest absolute Gasteiger partial charge is 0.345 e. The van der Waals surface area contributed by atoms with Gasteiger partial charge < -0.3 is 9.47 Å². The van der Waals surface area contributed by atoms with Crippen LogP contribution in [-0.2, 0) is 12.8 Å². The van der Waals surface area contributed by atoms with E-state index in [1.807, 2.05) is 0 Å². The number of benzene rings is 3. The maximum Gasteiger partial charge on any atom is 0.0531 e. The number of fused-ring (bicyclic) bond motifs is 1. The SMILES string of the molecule is C=C(CC)CCC.CCCc1ccc2c(c1)cc(CC)n2-c1ccc(N(C)c2ccccc2)cc1. The van der Waals surface area contributed by atoms with Gasteiger partial charge in [-0.3, -0.25) is 0 Å². The lowest BCUT2D eigenvalue weighted by Crippen LogP contribution is -2.09. The third kappa shape index (κ3) is 6.66. The molecule has 2 nitrogen and oxygen atoms in total. The number of allylic oxidation sites excluding steroid dienone is 1. The first-order valence-corrected chi connectivity index (χ1v) is 13.2. The summed E-state index contributed by atoms with van der Waals surface area (Å²) in [5, 5.41) is 1.34. The van der Waals surface area contributed by atoms with Crippen LogP contribution in [0, 0.1) is 0 Å². The lowest BCUT2D eigenvalue weighted by atomic mass is 10.1. The Morgan fingerprint density at radius 2 is 1.49 bits per heavy atom. The highest BCUT2D eigenvalue weighted by atomic mass is 15.1. The molecule has 0 N–H and O–H groups in total. The summed E-state index contributed by atoms with van der Waals surface area (Å²) in [7, 11) is 2.11. The van der Waals surface area contributed by atoms with Crippen LogP contribution in [0.3, 0.4) is 0 Å². The topological polar surface area (TPSA) is 8.17 Å². The first-order chi connectivity index (χ1) is 17.0. The molecule has 184 valence electrons. The molecule has 0 saturated heterocycles. The van der Waals surface area contributed by atoms with Crippen LogP contribution < -0.4 is 4.90 Å². The Balaban J connectivity index is 0.000000429. The van der Waals surface area contributed by atoms with Crippen molar-refractivity contribution in [3.8, 4) is 5.69 Å². The predicted molar refractivity (Wildman–Crippen MR) is 155 cm³/mol. The molecule has 0 radical (unpaired) electrons. The van der Waals surface area contributed by atoms with Crippen LogP contribution in [0.4, 0.5) is 11.4 Å². The van der Waals surface area contributed by atoms with Crippen LogP contribution in [0.15, 0.2) is 91.0 Å². The van der Waals surface area contributed by atoms with E-state index in [-0.39, 0.29) is 0 Å². The third-order valence-electron chi connectivity index (χ3n) is 6.59. The van der Waals surface area contributed by atoms with Crippen LogP contribution >= 0.6 is 0 Å². The smallest absolute Gasteiger partial charge is 0.0531 e. The van der Waals surface area contributed by atoms with Gasteiger partial charge >= 0.3 is 0 Å². The van der Waals surface area contributed by atoms with Gasteiger partial charge in [0.2, 0.25) is 0 Å². The molecule has 0 amide bonds. The highest BCUT2D eigenvalue weighted by molar-refractivity contribution is 5.84. The average Bonchev–Trinajstić information content (AvgIpc) is 3.27. The highest BCUT2D eigenvalue weighted by Gasteiger charge is 2.11. The van der Waals surface area contributed by atoms with Crippen LogP contribution in [-0.4, -0.2) is 11.6 Å². The van der Waals surface area contributed by atoms with E-state index in [9.17, 15) is 0 Å². The summed E-state index contributed by atoms with van der Waals surface area (Å²) in [4.78, 5) is 2.22. The molecule has 0 saturated carbocycles. The number of rotatable bonds is 9. The van der Waals surface area contributed by atoms with Crippen LogP contribution in [0.1, 0.15) is 64.6 Å². The van der Waals surface area contributed by atoms with Crippen LogP contribution in [0.2, 0.25) is 0 Å². The number of aromatic nitrogens is 1. The summed E-state index contributed by atoms with van der Waals surface area (Å²) >= 11 is 0. The molecule has 3 aromatic carbocycles. The Morgan fingerprint density at radius 3 is 2.06 bits per heavy atom. The van der Waals surface area contributed by atoms with Gasteiger partial charge in [-0.1, -0.05) is 77.0 Å². The lowest BCUT2D eigenvalue weighted by molar-refractivity contribution is 0.863. The Kier molecular flexibility index (Phi) is 9.78. The second-order valence-electron chi connectivity index (χ2n) is 9.23. The van der Waals surface area contributed by atoms with Gasteiger partial charge in [0.25, 0.3) is 0 Å². The summed E-state index contributed by atoms with van der Waals surface area (Å²) in [5.74, 6) is 0. The molecule has 4 aromatic rings. The molecule has 0 atom stereocenters. The zero-order valence-electron chi connectivity index (χ0n) is 22.3. The molecule has 0 bridgehead atoms. The quantitative estimate of drug-likeness (QED) is 0.223. The van der Waals surface area contributed by atoms with Gasteiger partial charge in [-0.05, 0) is 85.8 Å². The van der Waals surface area contributed by atoms with Gasteiger partial charge in [0.05, 0.1) is 5.52 Å². The zero-order valence-corrected chi connectivity index (χ0v) is 22.3. The molecule has 0 aliphatic carbocycles. The van der Waals surface area contributed by atoms with Gasteiger partial charge in [-0.2, -0.15) is 0 Å². The number of hydrogen-bond acceptors (Lipinski definition) is 1. The molecule has 0 unspecified atom stereocenters. The Bertz CT molecular complexity index is 1200. The van der Waals surface area contributed by atoms with Crippen molar-refractivity contribution >= 4 is 22.3 Å². The summed E-state index contributed by atoms with van der Waals surface area (Å²) in [6.07, 6.45) is 6.94. The minimum absolute atomic E-state index is 1.02. The summed E-state index contributed by atoms with van der Waals surface area (Å²) in [6.45, 7) is 12.7. The van der Waals surface area contributed by atoms with E-state index in [1.54, 1.807) is 0 Å². The first kappa shape index (κ1) is 26.3. The van der Waals surface area contributed by atoms with Crippen LogP contribution in [0.5, 0.6) is 0 Å². The van der Waals surface area contributed by atoms with Crippen molar-refractivity contribution < 1.29 is 0 Å². The summed E-state index contributed by atoms with van der Waals surface area (Å²) < 4.78 is 2.40. The number of para-hydroxylation sites is 1. The molecule has 1 aromatic heterocycles. The number of aryl methyl sites for hydroxylation is 2. The molecule has 2 heteroatoms. The number of anilines is 2. The van der Waals surface area contributed by atoms with Crippen molar-refractivity contribution in [3.63, 3.8) is 0 Å². The van der Waals surface area contributed by atoms with E-state index in [0.717, 1.165) is 19.3 Å². The normalized spacial score (nSPS) is 10.7. The fourth-order valence-electron chi connectivity index (χ4n) is 4.49. The third-order valence-corrected chi connectivity index (χ3v) is 6.59. The monoisotopic (exact) mass is 466 g/mol. The van der Waals surface area contributed by atoms with Crippen molar-refractivity contribution in [1.29, 1.82) is 0 Å². The number of hydrogen-bond donors (Lipinski definition) is 0. The van der Waals surface area contributed by atoms with Crippen molar-refractivity contribution in [2.75, 3.05) is 11.9 Å².